The Balaban J connectivity index is 1.27. The quantitative estimate of drug-likeness (QED) is 0.618. The predicted molar refractivity (Wildman–Crippen MR) is 122 cm³/mol. The predicted octanol–water partition coefficient (Wildman–Crippen LogP) is 4.27. The van der Waals surface area contributed by atoms with Crippen molar-refractivity contribution in [3.8, 4) is 0 Å². The lowest BCUT2D eigenvalue weighted by Crippen LogP contribution is -2.56. The monoisotopic (exact) mass is 498 g/mol. The lowest BCUT2D eigenvalue weighted by atomic mass is 9.76. The molecule has 1 saturated carbocycles. The number of nitrogens with zero attached hydrogens (tertiary/aromatic N) is 4. The molecular formula is C22H25F3N4O2S2. The Hall–Kier alpha value is -1.85. The third-order valence-electron chi connectivity index (χ3n) is 6.98. The van der Waals surface area contributed by atoms with Gasteiger partial charge in [-0.05, 0) is 67.5 Å². The number of halogens is 3. The number of hydrogen-bond acceptors (Lipinski definition) is 7. The number of rotatable bonds is 5. The first-order chi connectivity index (χ1) is 15.8. The fraction of sp³-hybridized carbons (Fsp3) is 0.545. The highest BCUT2D eigenvalue weighted by atomic mass is 32.2. The number of alkyl halides is 3. The average Bonchev–Trinajstić information content (AvgIpc) is 3.09. The molecule has 1 aromatic carbocycles. The summed E-state index contributed by atoms with van der Waals surface area (Å²) in [6, 6.07) is 6.66. The molecule has 3 aliphatic rings. The second kappa shape index (κ2) is 8.74. The highest BCUT2D eigenvalue weighted by Crippen LogP contribution is 2.45. The van der Waals surface area contributed by atoms with Crippen molar-refractivity contribution in [2.24, 2.45) is 0 Å². The van der Waals surface area contributed by atoms with Crippen molar-refractivity contribution < 1.29 is 22.5 Å². The van der Waals surface area contributed by atoms with Gasteiger partial charge in [0.05, 0.1) is 29.1 Å². The number of hydrogen-bond donors (Lipinski definition) is 1. The summed E-state index contributed by atoms with van der Waals surface area (Å²) in [5, 5.41) is 9.99. The van der Waals surface area contributed by atoms with Gasteiger partial charge in [0, 0.05) is 18.0 Å². The minimum absolute atomic E-state index is 0.0225. The summed E-state index contributed by atoms with van der Waals surface area (Å²) < 4.78 is 50.3. The Kier molecular flexibility index (Phi) is 6.07. The van der Waals surface area contributed by atoms with Crippen LogP contribution in [-0.4, -0.2) is 55.9 Å². The van der Waals surface area contributed by atoms with Gasteiger partial charge in [0.1, 0.15) is 10.8 Å². The van der Waals surface area contributed by atoms with Crippen LogP contribution in [0.4, 0.5) is 24.9 Å². The molecule has 2 aliphatic heterocycles. The number of piperidine rings is 1. The molecule has 1 aromatic heterocycles. The maximum atomic E-state index is 12.6. The molecule has 1 atom stereocenters. The van der Waals surface area contributed by atoms with Crippen LogP contribution in [0.25, 0.3) is 0 Å². The molecule has 0 spiro atoms. The molecule has 1 saturated heterocycles. The number of aliphatic hydroxyl groups excluding tert-OH is 1. The molecule has 1 aliphatic carbocycles. The van der Waals surface area contributed by atoms with Gasteiger partial charge in [0.25, 0.3) is 0 Å². The third kappa shape index (κ3) is 4.46. The van der Waals surface area contributed by atoms with E-state index in [1.165, 1.54) is 12.1 Å². The molecule has 2 fully saturated rings. The maximum absolute atomic E-state index is 12.6. The summed E-state index contributed by atoms with van der Waals surface area (Å²) in [7, 11) is -1.20. The van der Waals surface area contributed by atoms with Crippen LogP contribution in [0.15, 0.2) is 40.3 Å². The van der Waals surface area contributed by atoms with E-state index in [9.17, 15) is 22.5 Å². The van der Waals surface area contributed by atoms with Gasteiger partial charge in [-0.25, -0.2) is 4.98 Å². The Labute approximate surface area is 197 Å². The van der Waals surface area contributed by atoms with Crippen molar-refractivity contribution in [1.82, 2.24) is 9.97 Å². The van der Waals surface area contributed by atoms with Crippen LogP contribution in [0.3, 0.4) is 0 Å². The highest BCUT2D eigenvalue weighted by Gasteiger charge is 2.47. The van der Waals surface area contributed by atoms with E-state index in [0.717, 1.165) is 50.8 Å². The lowest BCUT2D eigenvalue weighted by molar-refractivity contribution is -0.0328. The van der Waals surface area contributed by atoms with Crippen molar-refractivity contribution in [2.45, 2.75) is 58.9 Å². The van der Waals surface area contributed by atoms with Gasteiger partial charge in [0.2, 0.25) is 5.95 Å². The number of aliphatic hydroxyl groups is 1. The molecule has 6 nitrogen and oxygen atoms in total. The first-order valence-electron chi connectivity index (χ1n) is 11.0. The second-order valence-corrected chi connectivity index (χ2v) is 11.4. The Morgan fingerprint density at radius 1 is 1.18 bits per heavy atom. The number of fused-ring (bicyclic) bond motifs is 1. The maximum Gasteiger partial charge on any atom is 0.446 e. The summed E-state index contributed by atoms with van der Waals surface area (Å²) in [5.74, 6) is 1.89. The summed E-state index contributed by atoms with van der Waals surface area (Å²) in [5.41, 5.74) is -3.59. The van der Waals surface area contributed by atoms with Crippen LogP contribution in [-0.2, 0) is 10.8 Å². The molecule has 178 valence electrons. The fourth-order valence-corrected chi connectivity index (χ4v) is 6.76. The molecule has 3 heterocycles. The number of aromatic nitrogens is 2. The zero-order valence-electron chi connectivity index (χ0n) is 17.9. The molecule has 11 heteroatoms. The third-order valence-corrected chi connectivity index (χ3v) is 9.00. The Bertz CT molecular complexity index is 1030. The zero-order valence-corrected chi connectivity index (χ0v) is 19.6. The summed E-state index contributed by atoms with van der Waals surface area (Å²) in [6.07, 6.45) is 6.13. The van der Waals surface area contributed by atoms with Gasteiger partial charge in [-0.3, -0.25) is 4.21 Å². The molecule has 1 N–H and O–H groups in total. The summed E-state index contributed by atoms with van der Waals surface area (Å²) >= 11 is -0.0934. The number of benzene rings is 1. The summed E-state index contributed by atoms with van der Waals surface area (Å²) in [6.45, 7) is 1.49. The van der Waals surface area contributed by atoms with Crippen LogP contribution in [0.1, 0.15) is 43.6 Å². The first-order valence-corrected chi connectivity index (χ1v) is 13.2. The number of anilines is 2. The van der Waals surface area contributed by atoms with E-state index in [4.69, 9.17) is 4.98 Å². The second-order valence-electron chi connectivity index (χ2n) is 8.87. The van der Waals surface area contributed by atoms with Crippen molar-refractivity contribution in [1.29, 1.82) is 0 Å². The minimum atomic E-state index is -4.28. The SMILES string of the molecule is O=[S@]1CN(C2(CO)CCC2)c2nc(N3CCC(c4ccc(SC(F)(F)F)cc4)CC3)ncc21. The molecule has 0 unspecified atom stereocenters. The van der Waals surface area contributed by atoms with E-state index >= 15 is 0 Å². The largest absolute Gasteiger partial charge is 0.446 e. The molecule has 0 amide bonds. The topological polar surface area (TPSA) is 69.6 Å². The molecule has 2 aromatic rings. The van der Waals surface area contributed by atoms with Crippen molar-refractivity contribution >= 4 is 34.3 Å². The first kappa shape index (κ1) is 22.9. The zero-order chi connectivity index (χ0) is 23.2. The van der Waals surface area contributed by atoms with Crippen LogP contribution >= 0.6 is 11.8 Å². The van der Waals surface area contributed by atoms with Crippen molar-refractivity contribution in [3.05, 3.63) is 36.0 Å². The molecule has 0 bridgehead atoms. The van der Waals surface area contributed by atoms with Gasteiger partial charge in [-0.2, -0.15) is 18.2 Å². The van der Waals surface area contributed by atoms with Gasteiger partial charge >= 0.3 is 5.51 Å². The molecular weight excluding hydrogens is 473 g/mol. The van der Waals surface area contributed by atoms with Gasteiger partial charge in [-0.1, -0.05) is 12.1 Å². The van der Waals surface area contributed by atoms with E-state index in [2.05, 4.69) is 9.88 Å². The molecule has 33 heavy (non-hydrogen) atoms. The van der Waals surface area contributed by atoms with E-state index in [-0.39, 0.29) is 34.7 Å². The van der Waals surface area contributed by atoms with E-state index < -0.39 is 16.3 Å². The van der Waals surface area contributed by atoms with E-state index in [1.54, 1.807) is 18.3 Å². The highest BCUT2D eigenvalue weighted by molar-refractivity contribution is 8.00. The summed E-state index contributed by atoms with van der Waals surface area (Å²) in [4.78, 5) is 14.2. The Morgan fingerprint density at radius 3 is 2.45 bits per heavy atom. The molecule has 5 rings (SSSR count). The van der Waals surface area contributed by atoms with Crippen LogP contribution < -0.4 is 9.80 Å². The molecule has 0 radical (unpaired) electrons. The van der Waals surface area contributed by atoms with Crippen LogP contribution in [0, 0.1) is 0 Å². The standard InChI is InChI=1S/C22H25F3N4O2S2/c23-22(24,25)32-17-4-2-15(3-5-17)16-6-10-28(11-7-16)20-26-12-18-19(27-20)29(14-33(18)31)21(13-30)8-1-9-21/h2-5,12,16,30H,1,6-11,13-14H2/t33-/m0/s1. The van der Waals surface area contributed by atoms with Gasteiger partial charge < -0.3 is 14.9 Å². The van der Waals surface area contributed by atoms with E-state index in [0.29, 0.717) is 22.5 Å². The van der Waals surface area contributed by atoms with Crippen molar-refractivity contribution in [2.75, 3.05) is 35.4 Å². The van der Waals surface area contributed by atoms with Crippen LogP contribution in [0.2, 0.25) is 0 Å². The Morgan fingerprint density at radius 2 is 1.88 bits per heavy atom. The normalized spacial score (nSPS) is 22.8. The van der Waals surface area contributed by atoms with E-state index in [1.807, 2.05) is 4.90 Å². The average molecular weight is 499 g/mol. The smallest absolute Gasteiger partial charge is 0.394 e. The van der Waals surface area contributed by atoms with Gasteiger partial charge in [0.15, 0.2) is 5.82 Å². The number of thioether (sulfide) groups is 1. The fourth-order valence-electron chi connectivity index (χ4n) is 4.92. The minimum Gasteiger partial charge on any atom is -0.394 e. The van der Waals surface area contributed by atoms with Crippen molar-refractivity contribution in [3.63, 3.8) is 0 Å². The lowest BCUT2D eigenvalue weighted by Gasteiger charge is -2.47. The van der Waals surface area contributed by atoms with Crippen LogP contribution in [0.5, 0.6) is 0 Å². The van der Waals surface area contributed by atoms with Gasteiger partial charge in [-0.15, -0.1) is 0 Å².